The molecule has 0 amide bonds. The van der Waals surface area contributed by atoms with Crippen LogP contribution in [-0.2, 0) is 12.8 Å². The molecule has 1 heterocycles. The molecule has 126 valence electrons. The number of hydrogen-bond donors (Lipinski definition) is 0. The highest BCUT2D eigenvalue weighted by atomic mass is 79.9. The van der Waals surface area contributed by atoms with E-state index in [2.05, 4.69) is 45.9 Å². The van der Waals surface area contributed by atoms with E-state index in [9.17, 15) is 4.91 Å². The largest absolute Gasteiger partial charge is 0.306 e. The monoisotopic (exact) mass is 406 g/mol. The number of fused-ring (bicyclic) bond motifs is 1. The fraction of sp³-hybridized carbons (Fsp3) is 0.263. The molecule has 0 saturated carbocycles. The number of benzene rings is 2. The quantitative estimate of drug-likeness (QED) is 0.464. The van der Waals surface area contributed by atoms with Gasteiger partial charge in [-0.2, -0.15) is 0 Å². The Hall–Kier alpha value is -1.67. The molecule has 5 heteroatoms. The van der Waals surface area contributed by atoms with Gasteiger partial charge in [-0.1, -0.05) is 45.7 Å². The third-order valence-electron chi connectivity index (χ3n) is 3.63. The normalized spacial score (nSPS) is 13.2. The van der Waals surface area contributed by atoms with Crippen molar-refractivity contribution in [2.75, 3.05) is 20.1 Å². The Bertz CT molecular complexity index is 674. The van der Waals surface area contributed by atoms with Crippen molar-refractivity contribution in [3.63, 3.8) is 0 Å². The molecule has 24 heavy (non-hydrogen) atoms. The van der Waals surface area contributed by atoms with Gasteiger partial charge < -0.3 is 4.90 Å². The van der Waals surface area contributed by atoms with E-state index in [1.807, 2.05) is 42.5 Å². The van der Waals surface area contributed by atoms with Crippen LogP contribution in [0.25, 0.3) is 0 Å². The Balaban J connectivity index is 0.000000268. The molecule has 0 aromatic heterocycles. The van der Waals surface area contributed by atoms with E-state index in [1.54, 1.807) is 0 Å². The highest BCUT2D eigenvalue weighted by Crippen LogP contribution is 2.30. The van der Waals surface area contributed by atoms with Gasteiger partial charge in [0, 0.05) is 17.6 Å². The van der Waals surface area contributed by atoms with Crippen molar-refractivity contribution in [1.82, 2.24) is 4.90 Å². The summed E-state index contributed by atoms with van der Waals surface area (Å²) in [5.41, 5.74) is 2.81. The van der Waals surface area contributed by atoms with Crippen LogP contribution in [0.1, 0.15) is 11.1 Å². The molecule has 2 aromatic carbocycles. The van der Waals surface area contributed by atoms with E-state index in [4.69, 9.17) is 11.6 Å². The van der Waals surface area contributed by atoms with Crippen LogP contribution in [0.4, 0.5) is 5.69 Å². The minimum Gasteiger partial charge on any atom is -0.306 e. The van der Waals surface area contributed by atoms with Gasteiger partial charge >= 0.3 is 0 Å². The van der Waals surface area contributed by atoms with Gasteiger partial charge in [-0.3, -0.25) is 0 Å². The van der Waals surface area contributed by atoms with E-state index < -0.39 is 0 Å². The molecule has 0 bridgehead atoms. The lowest BCUT2D eigenvalue weighted by atomic mass is 10.0. The second-order valence-corrected chi connectivity index (χ2v) is 6.59. The second kappa shape index (κ2) is 11.0. The molecule has 0 N–H and O–H groups in total. The Labute approximate surface area is 157 Å². The number of likely N-dealkylation sites (N-methyl/N-ethyl adjacent to an activating group) is 1. The van der Waals surface area contributed by atoms with E-state index in [0.717, 1.165) is 30.4 Å². The maximum atomic E-state index is 10.5. The van der Waals surface area contributed by atoms with Gasteiger partial charge in [0.2, 0.25) is 0 Å². The molecule has 2 aromatic rings. The highest BCUT2D eigenvalue weighted by Gasteiger charge is 2.14. The summed E-state index contributed by atoms with van der Waals surface area (Å²) in [4.78, 5) is 12.8. The van der Waals surface area contributed by atoms with E-state index in [1.165, 1.54) is 11.1 Å². The summed E-state index contributed by atoms with van der Waals surface area (Å²) in [7, 11) is 2.10. The minimum absolute atomic E-state index is 0.361. The SMILES string of the molecule is Brc1ccccc1.C#C.CN1CCc2cc(Cl)c(N=O)cc2CC1. The van der Waals surface area contributed by atoms with Gasteiger partial charge in [0.05, 0.1) is 5.02 Å². The van der Waals surface area contributed by atoms with Crippen molar-refractivity contribution in [3.8, 4) is 12.8 Å². The summed E-state index contributed by atoms with van der Waals surface area (Å²) in [6.07, 6.45) is 9.95. The zero-order chi connectivity index (χ0) is 17.9. The first-order valence-electron chi connectivity index (χ1n) is 7.47. The zero-order valence-corrected chi connectivity index (χ0v) is 15.9. The maximum absolute atomic E-state index is 10.5. The first-order valence-corrected chi connectivity index (χ1v) is 8.64. The van der Waals surface area contributed by atoms with Crippen molar-refractivity contribution < 1.29 is 0 Å². The number of hydrogen-bond acceptors (Lipinski definition) is 3. The van der Waals surface area contributed by atoms with Crippen LogP contribution in [0, 0.1) is 17.8 Å². The molecule has 0 aliphatic carbocycles. The Morgan fingerprint density at radius 3 is 2.08 bits per heavy atom. The van der Waals surface area contributed by atoms with Crippen molar-refractivity contribution >= 4 is 33.2 Å². The lowest BCUT2D eigenvalue weighted by Gasteiger charge is -2.10. The summed E-state index contributed by atoms with van der Waals surface area (Å²) < 4.78 is 1.13. The standard InChI is InChI=1S/C11H13ClN2O.C6H5Br.C2H2/c1-14-4-2-8-6-10(12)11(13-15)7-9(8)3-5-14;7-6-4-2-1-3-5-6;1-2/h6-7H,2-5H2,1H3;1-5H;1-2H. The van der Waals surface area contributed by atoms with Gasteiger partial charge in [-0.05, 0) is 60.5 Å². The molecule has 0 unspecified atom stereocenters. The van der Waals surface area contributed by atoms with Crippen LogP contribution in [0.5, 0.6) is 0 Å². The van der Waals surface area contributed by atoms with Crippen molar-refractivity contribution in [2.45, 2.75) is 12.8 Å². The Morgan fingerprint density at radius 1 is 1.08 bits per heavy atom. The van der Waals surface area contributed by atoms with Crippen molar-refractivity contribution in [2.24, 2.45) is 5.18 Å². The average molecular weight is 408 g/mol. The Kier molecular flexibility index (Phi) is 9.33. The predicted octanol–water partition coefficient (Wildman–Crippen LogP) is 5.47. The first-order chi connectivity index (χ1) is 11.6. The average Bonchev–Trinajstić information content (AvgIpc) is 2.79. The van der Waals surface area contributed by atoms with Crippen LogP contribution in [0.3, 0.4) is 0 Å². The lowest BCUT2D eigenvalue weighted by Crippen LogP contribution is -2.20. The molecule has 3 nitrogen and oxygen atoms in total. The smallest absolute Gasteiger partial charge is 0.126 e. The van der Waals surface area contributed by atoms with Crippen molar-refractivity contribution in [3.05, 3.63) is 68.0 Å². The van der Waals surface area contributed by atoms with Gasteiger partial charge in [0.1, 0.15) is 5.69 Å². The number of nitroso groups, excluding NO2 is 1. The van der Waals surface area contributed by atoms with Crippen LogP contribution < -0.4 is 0 Å². The lowest BCUT2D eigenvalue weighted by molar-refractivity contribution is 0.352. The molecule has 1 aliphatic heterocycles. The van der Waals surface area contributed by atoms with Gasteiger partial charge in [0.25, 0.3) is 0 Å². The summed E-state index contributed by atoms with van der Waals surface area (Å²) in [5, 5.41) is 3.40. The summed E-state index contributed by atoms with van der Waals surface area (Å²) in [6.45, 7) is 2.06. The fourth-order valence-corrected chi connectivity index (χ4v) is 2.86. The van der Waals surface area contributed by atoms with Crippen molar-refractivity contribution in [1.29, 1.82) is 0 Å². The van der Waals surface area contributed by atoms with Crippen LogP contribution in [0.15, 0.2) is 52.1 Å². The second-order valence-electron chi connectivity index (χ2n) is 5.26. The summed E-state index contributed by atoms with van der Waals surface area (Å²) in [6, 6.07) is 13.7. The molecular weight excluding hydrogens is 388 g/mol. The van der Waals surface area contributed by atoms with E-state index in [-0.39, 0.29) is 0 Å². The highest BCUT2D eigenvalue weighted by molar-refractivity contribution is 9.10. The van der Waals surface area contributed by atoms with Crippen LogP contribution in [-0.4, -0.2) is 25.0 Å². The fourth-order valence-electron chi connectivity index (χ4n) is 2.33. The van der Waals surface area contributed by atoms with Crippen LogP contribution in [0.2, 0.25) is 5.02 Å². The molecule has 1 aliphatic rings. The summed E-state index contributed by atoms with van der Waals surface area (Å²) >= 11 is 9.25. The number of nitrogens with zero attached hydrogens (tertiary/aromatic N) is 2. The number of halogens is 2. The Morgan fingerprint density at radius 2 is 1.62 bits per heavy atom. The van der Waals surface area contributed by atoms with E-state index in [0.29, 0.717) is 10.7 Å². The van der Waals surface area contributed by atoms with Crippen LogP contribution >= 0.6 is 27.5 Å². The molecule has 0 spiro atoms. The molecular formula is C19H20BrClN2O. The minimum atomic E-state index is 0.361. The van der Waals surface area contributed by atoms with Gasteiger partial charge in [0.15, 0.2) is 0 Å². The van der Waals surface area contributed by atoms with Gasteiger partial charge in [-0.15, -0.1) is 17.8 Å². The van der Waals surface area contributed by atoms with E-state index >= 15 is 0 Å². The van der Waals surface area contributed by atoms with Gasteiger partial charge in [-0.25, -0.2) is 0 Å². The molecule has 0 fully saturated rings. The molecule has 0 radical (unpaired) electrons. The topological polar surface area (TPSA) is 32.7 Å². The number of rotatable bonds is 1. The predicted molar refractivity (Wildman–Crippen MR) is 106 cm³/mol. The third-order valence-corrected chi connectivity index (χ3v) is 4.46. The maximum Gasteiger partial charge on any atom is 0.126 e. The molecule has 0 atom stereocenters. The molecule has 3 rings (SSSR count). The molecule has 0 saturated heterocycles. The number of terminal acetylenes is 1. The summed E-state index contributed by atoms with van der Waals surface area (Å²) in [5.74, 6) is 0. The zero-order valence-electron chi connectivity index (χ0n) is 13.6. The first kappa shape index (κ1) is 20.4. The third kappa shape index (κ3) is 6.45.